The van der Waals surface area contributed by atoms with Crippen LogP contribution < -0.4 is 5.32 Å². The van der Waals surface area contributed by atoms with Crippen LogP contribution in [-0.4, -0.2) is 29.3 Å². The van der Waals surface area contributed by atoms with Crippen LogP contribution >= 0.6 is 0 Å². The number of carbonyl (C=O) groups is 1. The number of carbonyl (C=O) groups excluding carboxylic acids is 1. The van der Waals surface area contributed by atoms with Gasteiger partial charge in [0, 0.05) is 13.5 Å². The molecule has 25 heavy (non-hydrogen) atoms. The first-order valence-electron chi connectivity index (χ1n) is 9.64. The normalized spacial score (nSPS) is 39.2. The van der Waals surface area contributed by atoms with E-state index in [1.807, 2.05) is 12.1 Å². The Bertz CT molecular complexity index is 688. The van der Waals surface area contributed by atoms with Gasteiger partial charge in [-0.05, 0) is 84.5 Å². The minimum atomic E-state index is -0.378. The Morgan fingerprint density at radius 3 is 2.92 bits per heavy atom. The number of aromatic hydroxyl groups is 1. The fourth-order valence-corrected chi connectivity index (χ4v) is 6.26. The molecule has 1 aromatic carbocycles. The van der Waals surface area contributed by atoms with E-state index in [0.29, 0.717) is 29.9 Å². The first kappa shape index (κ1) is 16.9. The van der Waals surface area contributed by atoms with E-state index >= 15 is 0 Å². The van der Waals surface area contributed by atoms with Gasteiger partial charge < -0.3 is 15.5 Å². The summed E-state index contributed by atoms with van der Waals surface area (Å²) in [4.78, 5) is 11.9. The van der Waals surface area contributed by atoms with E-state index in [1.54, 1.807) is 7.05 Å². The Balaban J connectivity index is 1.62. The number of fused-ring (bicyclic) bond motifs is 5. The Morgan fingerprint density at radius 1 is 1.36 bits per heavy atom. The second-order valence-corrected chi connectivity index (χ2v) is 8.66. The maximum Gasteiger partial charge on any atom is 0.220 e. The summed E-state index contributed by atoms with van der Waals surface area (Å²) in [7, 11) is 1.67. The fraction of sp³-hybridized carbons (Fsp3) is 0.667. The van der Waals surface area contributed by atoms with Crippen LogP contribution in [0, 0.1) is 23.2 Å². The highest BCUT2D eigenvalue weighted by Crippen LogP contribution is 2.62. The van der Waals surface area contributed by atoms with Gasteiger partial charge in [-0.2, -0.15) is 0 Å². The predicted octanol–water partition coefficient (Wildman–Crippen LogP) is 2.97. The average molecular weight is 343 g/mol. The molecule has 0 aliphatic heterocycles. The molecule has 6 atom stereocenters. The molecule has 1 unspecified atom stereocenters. The molecule has 1 amide bonds. The number of phenolic OH excluding ortho intramolecular Hbond substituents is 1. The highest BCUT2D eigenvalue weighted by Gasteiger charge is 2.57. The van der Waals surface area contributed by atoms with Crippen LogP contribution in [0.15, 0.2) is 18.2 Å². The number of amides is 1. The van der Waals surface area contributed by atoms with Crippen molar-refractivity contribution < 1.29 is 15.0 Å². The van der Waals surface area contributed by atoms with E-state index in [4.69, 9.17) is 0 Å². The number of rotatable bonds is 2. The van der Waals surface area contributed by atoms with Crippen LogP contribution in [-0.2, 0) is 11.2 Å². The molecule has 4 rings (SSSR count). The number of aliphatic hydroxyl groups is 1. The van der Waals surface area contributed by atoms with Gasteiger partial charge in [0.05, 0.1) is 6.10 Å². The summed E-state index contributed by atoms with van der Waals surface area (Å²) in [5, 5.41) is 23.5. The lowest BCUT2D eigenvalue weighted by Crippen LogP contribution is -2.44. The summed E-state index contributed by atoms with van der Waals surface area (Å²) in [5.74, 6) is 2.08. The van der Waals surface area contributed by atoms with Gasteiger partial charge in [-0.15, -0.1) is 0 Å². The van der Waals surface area contributed by atoms with Crippen molar-refractivity contribution in [1.82, 2.24) is 5.32 Å². The fourth-order valence-electron chi connectivity index (χ4n) is 6.26. The Morgan fingerprint density at radius 2 is 2.16 bits per heavy atom. The number of nitrogens with one attached hydrogen (secondary N) is 1. The number of phenols is 1. The zero-order valence-electron chi connectivity index (χ0n) is 15.2. The van der Waals surface area contributed by atoms with E-state index in [1.165, 1.54) is 11.1 Å². The highest BCUT2D eigenvalue weighted by molar-refractivity contribution is 5.75. The minimum Gasteiger partial charge on any atom is -0.508 e. The zero-order valence-corrected chi connectivity index (χ0v) is 15.2. The number of aliphatic hydroxyl groups excluding tert-OH is 1. The van der Waals surface area contributed by atoms with E-state index in [0.717, 1.165) is 32.1 Å². The number of aryl methyl sites for hydroxylation is 1. The summed E-state index contributed by atoms with van der Waals surface area (Å²) in [6, 6.07) is 5.85. The lowest BCUT2D eigenvalue weighted by atomic mass is 9.55. The highest BCUT2D eigenvalue weighted by atomic mass is 16.3. The van der Waals surface area contributed by atoms with Gasteiger partial charge in [-0.3, -0.25) is 4.79 Å². The lowest BCUT2D eigenvalue weighted by Gasteiger charge is -2.50. The third-order valence-corrected chi connectivity index (χ3v) is 7.55. The van der Waals surface area contributed by atoms with Crippen molar-refractivity contribution >= 4 is 5.91 Å². The van der Waals surface area contributed by atoms with E-state index in [2.05, 4.69) is 18.3 Å². The third-order valence-electron chi connectivity index (χ3n) is 7.55. The largest absolute Gasteiger partial charge is 0.508 e. The molecular weight excluding hydrogens is 314 g/mol. The molecule has 0 saturated heterocycles. The third kappa shape index (κ3) is 2.57. The molecule has 2 saturated carbocycles. The van der Waals surface area contributed by atoms with Crippen LogP contribution in [0.25, 0.3) is 0 Å². The van der Waals surface area contributed by atoms with Gasteiger partial charge in [0.15, 0.2) is 0 Å². The zero-order chi connectivity index (χ0) is 17.8. The standard InChI is InChI=1S/C21H29NO3/c1-21-8-7-16-15-6-4-14(23)9-12(15)3-5-17(16)18(21)10-13(20(21)25)11-19(24)22-2/h4,6,9,13,16-18,20,23,25H,3,5,7-8,10-11H2,1-2H3,(H,22,24)/t13?,16-,17-,18+,20+,21+/m1/s1. The molecule has 0 spiro atoms. The SMILES string of the molecule is CNC(=O)CC1C[C@H]2[C@@H]3CCc4cc(O)ccc4[C@H]3CC[C@]2(C)[C@H]1O. The summed E-state index contributed by atoms with van der Waals surface area (Å²) >= 11 is 0. The van der Waals surface area contributed by atoms with Crippen LogP contribution in [0.5, 0.6) is 5.75 Å². The van der Waals surface area contributed by atoms with Crippen molar-refractivity contribution in [3.63, 3.8) is 0 Å². The van der Waals surface area contributed by atoms with E-state index in [-0.39, 0.29) is 23.3 Å². The molecule has 3 aliphatic rings. The summed E-state index contributed by atoms with van der Waals surface area (Å²) in [6.07, 6.45) is 5.26. The van der Waals surface area contributed by atoms with Gasteiger partial charge in [0.1, 0.15) is 5.75 Å². The molecule has 2 fully saturated rings. The average Bonchev–Trinajstić information content (AvgIpc) is 2.85. The van der Waals surface area contributed by atoms with Crippen molar-refractivity contribution in [2.45, 2.75) is 57.5 Å². The monoisotopic (exact) mass is 343 g/mol. The van der Waals surface area contributed by atoms with Crippen LogP contribution in [0.4, 0.5) is 0 Å². The topological polar surface area (TPSA) is 69.6 Å². The van der Waals surface area contributed by atoms with Crippen LogP contribution in [0.2, 0.25) is 0 Å². The van der Waals surface area contributed by atoms with Gasteiger partial charge in [0.2, 0.25) is 5.91 Å². The predicted molar refractivity (Wildman–Crippen MR) is 96.3 cm³/mol. The smallest absolute Gasteiger partial charge is 0.220 e. The second kappa shape index (κ2) is 6.01. The first-order chi connectivity index (χ1) is 11.9. The molecule has 0 bridgehead atoms. The van der Waals surface area contributed by atoms with Crippen molar-refractivity contribution in [2.75, 3.05) is 7.05 Å². The molecule has 0 radical (unpaired) electrons. The summed E-state index contributed by atoms with van der Waals surface area (Å²) < 4.78 is 0. The maximum absolute atomic E-state index is 11.9. The molecule has 0 aromatic heterocycles. The molecule has 0 heterocycles. The van der Waals surface area contributed by atoms with Gasteiger partial charge in [0.25, 0.3) is 0 Å². The van der Waals surface area contributed by atoms with Gasteiger partial charge >= 0.3 is 0 Å². The first-order valence-corrected chi connectivity index (χ1v) is 9.64. The van der Waals surface area contributed by atoms with Crippen molar-refractivity contribution in [3.8, 4) is 5.75 Å². The summed E-state index contributed by atoms with van der Waals surface area (Å²) in [6.45, 7) is 2.24. The Hall–Kier alpha value is -1.55. The minimum absolute atomic E-state index is 0.0345. The van der Waals surface area contributed by atoms with Gasteiger partial charge in [-0.25, -0.2) is 0 Å². The maximum atomic E-state index is 11.9. The molecule has 4 heteroatoms. The molecular formula is C21H29NO3. The van der Waals surface area contributed by atoms with Crippen molar-refractivity contribution in [2.24, 2.45) is 23.2 Å². The van der Waals surface area contributed by atoms with Crippen LogP contribution in [0.1, 0.15) is 56.1 Å². The van der Waals surface area contributed by atoms with Crippen molar-refractivity contribution in [3.05, 3.63) is 29.3 Å². The molecule has 3 N–H and O–H groups in total. The molecule has 1 aromatic rings. The molecule has 136 valence electrons. The summed E-state index contributed by atoms with van der Waals surface area (Å²) in [5.41, 5.74) is 2.64. The molecule has 4 nitrogen and oxygen atoms in total. The van der Waals surface area contributed by atoms with Gasteiger partial charge in [-0.1, -0.05) is 13.0 Å². The lowest BCUT2D eigenvalue weighted by molar-refractivity contribution is -0.122. The number of hydrogen-bond donors (Lipinski definition) is 3. The van der Waals surface area contributed by atoms with E-state index in [9.17, 15) is 15.0 Å². The molecule has 3 aliphatic carbocycles. The second-order valence-electron chi connectivity index (χ2n) is 8.66. The van der Waals surface area contributed by atoms with E-state index < -0.39 is 0 Å². The van der Waals surface area contributed by atoms with Crippen molar-refractivity contribution in [1.29, 1.82) is 0 Å². The van der Waals surface area contributed by atoms with Crippen LogP contribution in [0.3, 0.4) is 0 Å². The number of hydrogen-bond acceptors (Lipinski definition) is 3. The number of benzene rings is 1. The Kier molecular flexibility index (Phi) is 4.06. The quantitative estimate of drug-likeness (QED) is 0.773. The Labute approximate surface area is 149 Å².